The number of hydrogen-bond acceptors (Lipinski definition) is 9. The fourth-order valence-corrected chi connectivity index (χ4v) is 5.43. The van der Waals surface area contributed by atoms with Gasteiger partial charge in [-0.05, 0) is 31.0 Å². The standard InChI is InChI=1S/C26H36N3O9P/c1-4-18(5-2)15-35-26(33)17(3)28-39(34,38-20-11-7-6-8-12-20)36-16-21-22(30)23(31)25(37-21)29-13-9-10-19(14-29)24(27)32/h6-14,17-18,21-23,25,30-31H,4-5,15-16H2,1-3H3,(H2-,27,28,32,34)/p+1/t17-,21+,22?,23-,25+,39?/m0/s1. The summed E-state index contributed by atoms with van der Waals surface area (Å²) in [5.41, 5.74) is 5.51. The summed E-state index contributed by atoms with van der Waals surface area (Å²) in [6.45, 7) is 5.26. The number of aliphatic hydroxyl groups is 2. The summed E-state index contributed by atoms with van der Waals surface area (Å²) in [5.74, 6) is -0.863. The number of carbonyl (C=O) groups is 2. The Hall–Kier alpha value is -2.86. The van der Waals surface area contributed by atoms with Crippen LogP contribution >= 0.6 is 7.75 Å². The Bertz CT molecular complexity index is 1150. The normalized spacial score (nSPS) is 23.2. The molecule has 1 saturated heterocycles. The van der Waals surface area contributed by atoms with Gasteiger partial charge in [0.05, 0.1) is 13.2 Å². The van der Waals surface area contributed by atoms with Crippen molar-refractivity contribution in [1.82, 2.24) is 5.09 Å². The van der Waals surface area contributed by atoms with Crippen molar-refractivity contribution in [2.24, 2.45) is 11.7 Å². The summed E-state index contributed by atoms with van der Waals surface area (Å²) in [4.78, 5) is 24.1. The molecule has 1 aromatic heterocycles. The van der Waals surface area contributed by atoms with Crippen molar-refractivity contribution in [3.05, 3.63) is 60.4 Å². The van der Waals surface area contributed by atoms with Crippen LogP contribution in [0.5, 0.6) is 5.75 Å². The number of hydrogen-bond donors (Lipinski definition) is 4. The molecular formula is C26H37N3O9P+. The van der Waals surface area contributed by atoms with Crippen LogP contribution in [0, 0.1) is 5.92 Å². The maximum absolute atomic E-state index is 13.7. The van der Waals surface area contributed by atoms with Crippen molar-refractivity contribution in [3.8, 4) is 5.75 Å². The number of ether oxygens (including phenoxy) is 2. The minimum atomic E-state index is -4.22. The van der Waals surface area contributed by atoms with Gasteiger partial charge >= 0.3 is 13.7 Å². The van der Waals surface area contributed by atoms with Crippen LogP contribution in [0.25, 0.3) is 0 Å². The van der Waals surface area contributed by atoms with Gasteiger partial charge in [0.2, 0.25) is 0 Å². The Balaban J connectivity index is 1.71. The zero-order valence-electron chi connectivity index (χ0n) is 22.2. The number of benzene rings is 1. The summed E-state index contributed by atoms with van der Waals surface area (Å²) in [7, 11) is -4.22. The first-order valence-electron chi connectivity index (χ1n) is 12.8. The quantitative estimate of drug-likeness (QED) is 0.150. The molecule has 0 aliphatic carbocycles. The van der Waals surface area contributed by atoms with E-state index in [1.54, 1.807) is 36.4 Å². The summed E-state index contributed by atoms with van der Waals surface area (Å²) >= 11 is 0. The van der Waals surface area contributed by atoms with Crippen molar-refractivity contribution in [2.75, 3.05) is 13.2 Å². The predicted octanol–water partition coefficient (Wildman–Crippen LogP) is 1.85. The lowest BCUT2D eigenvalue weighted by Gasteiger charge is -2.24. The first-order chi connectivity index (χ1) is 18.6. The highest BCUT2D eigenvalue weighted by Crippen LogP contribution is 2.45. The molecule has 0 bridgehead atoms. The number of esters is 1. The van der Waals surface area contributed by atoms with Crippen molar-refractivity contribution >= 4 is 19.6 Å². The van der Waals surface area contributed by atoms with Crippen LogP contribution in [0.2, 0.25) is 0 Å². The van der Waals surface area contributed by atoms with Crippen LogP contribution in [0.3, 0.4) is 0 Å². The number of para-hydroxylation sites is 1. The molecule has 12 nitrogen and oxygen atoms in total. The third-order valence-corrected chi connectivity index (χ3v) is 8.08. The number of nitrogens with zero attached hydrogens (tertiary/aromatic N) is 1. The third-order valence-electron chi connectivity index (χ3n) is 6.44. The summed E-state index contributed by atoms with van der Waals surface area (Å²) < 4.78 is 37.5. The van der Waals surface area contributed by atoms with Crippen molar-refractivity contribution in [3.63, 3.8) is 0 Å². The highest BCUT2D eigenvalue weighted by atomic mass is 31.2. The Morgan fingerprint density at radius 2 is 1.82 bits per heavy atom. The lowest BCUT2D eigenvalue weighted by Crippen LogP contribution is -2.46. The van der Waals surface area contributed by atoms with Gasteiger partial charge in [0.15, 0.2) is 18.5 Å². The number of primary amides is 1. The van der Waals surface area contributed by atoms with Crippen LogP contribution in [0.4, 0.5) is 0 Å². The number of rotatable bonds is 14. The van der Waals surface area contributed by atoms with Gasteiger partial charge < -0.3 is 29.9 Å². The van der Waals surface area contributed by atoms with E-state index in [4.69, 9.17) is 24.3 Å². The van der Waals surface area contributed by atoms with Gasteiger partial charge in [-0.3, -0.25) is 14.1 Å². The van der Waals surface area contributed by atoms with E-state index < -0.39 is 56.8 Å². The van der Waals surface area contributed by atoms with Crippen LogP contribution in [-0.2, 0) is 23.4 Å². The Kier molecular flexibility index (Phi) is 11.0. The fourth-order valence-electron chi connectivity index (χ4n) is 3.93. The van der Waals surface area contributed by atoms with E-state index in [2.05, 4.69) is 5.09 Å². The largest absolute Gasteiger partial charge is 0.464 e. The molecule has 1 aromatic carbocycles. The maximum Gasteiger partial charge on any atom is 0.459 e. The van der Waals surface area contributed by atoms with E-state index in [9.17, 15) is 24.4 Å². The van der Waals surface area contributed by atoms with Crippen LogP contribution < -0.4 is 19.9 Å². The van der Waals surface area contributed by atoms with E-state index >= 15 is 0 Å². The molecule has 214 valence electrons. The highest BCUT2D eigenvalue weighted by Gasteiger charge is 2.49. The Morgan fingerprint density at radius 3 is 2.46 bits per heavy atom. The van der Waals surface area contributed by atoms with Gasteiger partial charge in [0.1, 0.15) is 29.6 Å². The van der Waals surface area contributed by atoms with Gasteiger partial charge in [-0.1, -0.05) is 44.9 Å². The zero-order valence-corrected chi connectivity index (χ0v) is 23.1. The maximum atomic E-state index is 13.7. The lowest BCUT2D eigenvalue weighted by molar-refractivity contribution is -0.765. The molecule has 2 heterocycles. The number of nitrogens with two attached hydrogens (primary N) is 1. The molecule has 39 heavy (non-hydrogen) atoms. The molecule has 2 aromatic rings. The number of amides is 1. The lowest BCUT2D eigenvalue weighted by atomic mass is 10.1. The summed E-state index contributed by atoms with van der Waals surface area (Å²) in [6.07, 6.45) is -0.392. The van der Waals surface area contributed by atoms with E-state index in [0.717, 1.165) is 12.8 Å². The van der Waals surface area contributed by atoms with Crippen molar-refractivity contribution in [1.29, 1.82) is 0 Å². The molecule has 1 amide bonds. The third kappa shape index (κ3) is 8.31. The van der Waals surface area contributed by atoms with Crippen LogP contribution in [0.15, 0.2) is 54.9 Å². The second kappa shape index (κ2) is 14.0. The van der Waals surface area contributed by atoms with E-state index in [1.165, 1.54) is 30.0 Å². The Morgan fingerprint density at radius 1 is 1.13 bits per heavy atom. The highest BCUT2D eigenvalue weighted by molar-refractivity contribution is 7.52. The molecule has 0 saturated carbocycles. The topological polar surface area (TPSA) is 171 Å². The predicted molar refractivity (Wildman–Crippen MR) is 139 cm³/mol. The number of carbonyl (C=O) groups excluding carboxylic acids is 2. The number of aromatic nitrogens is 1. The average molecular weight is 567 g/mol. The van der Waals surface area contributed by atoms with Gasteiger partial charge in [0, 0.05) is 6.07 Å². The number of nitrogens with one attached hydrogen (secondary N) is 1. The van der Waals surface area contributed by atoms with Gasteiger partial charge in [-0.25, -0.2) is 4.57 Å². The molecule has 2 unspecified atom stereocenters. The number of pyridine rings is 1. The first kappa shape index (κ1) is 30.7. The second-order valence-corrected chi connectivity index (χ2v) is 11.0. The molecular weight excluding hydrogens is 529 g/mol. The minimum absolute atomic E-state index is 0.178. The van der Waals surface area contributed by atoms with E-state index in [-0.39, 0.29) is 23.8 Å². The molecule has 5 N–H and O–H groups in total. The molecule has 6 atom stereocenters. The fraction of sp³-hybridized carbons (Fsp3) is 0.500. The van der Waals surface area contributed by atoms with Crippen molar-refractivity contribution in [2.45, 2.75) is 64.2 Å². The molecule has 1 aliphatic rings. The summed E-state index contributed by atoms with van der Waals surface area (Å²) in [5, 5.41) is 23.8. The summed E-state index contributed by atoms with van der Waals surface area (Å²) in [6, 6.07) is 10.2. The number of aliphatic hydroxyl groups excluding tert-OH is 2. The molecule has 13 heteroatoms. The molecule has 1 fully saturated rings. The molecule has 1 aliphatic heterocycles. The van der Waals surface area contributed by atoms with E-state index in [0.29, 0.717) is 0 Å². The van der Waals surface area contributed by atoms with Gasteiger partial charge in [0.25, 0.3) is 12.1 Å². The zero-order chi connectivity index (χ0) is 28.6. The molecule has 3 rings (SSSR count). The first-order valence-corrected chi connectivity index (χ1v) is 14.4. The van der Waals surface area contributed by atoms with Crippen LogP contribution in [0.1, 0.15) is 50.2 Å². The van der Waals surface area contributed by atoms with Crippen molar-refractivity contribution < 1.29 is 47.5 Å². The Labute approximate surface area is 227 Å². The smallest absolute Gasteiger partial charge is 0.459 e. The SMILES string of the molecule is CCC(CC)COC(=O)[C@H](C)NP(=O)(OC[C@H]1O[C@@H]([n+]2cccc(C(N)=O)c2)[C@@H](O)C1O)Oc1ccccc1. The molecule has 0 radical (unpaired) electrons. The second-order valence-electron chi connectivity index (χ2n) is 9.31. The average Bonchev–Trinajstić information content (AvgIpc) is 3.21. The van der Waals surface area contributed by atoms with Gasteiger partial charge in [-0.2, -0.15) is 9.65 Å². The monoisotopic (exact) mass is 566 g/mol. The van der Waals surface area contributed by atoms with Gasteiger partial charge in [-0.15, -0.1) is 0 Å². The van der Waals surface area contributed by atoms with E-state index in [1.807, 2.05) is 13.8 Å². The minimum Gasteiger partial charge on any atom is -0.464 e. The van der Waals surface area contributed by atoms with Crippen LogP contribution in [-0.4, -0.2) is 59.7 Å². The molecule has 0 spiro atoms.